The van der Waals surface area contributed by atoms with E-state index < -0.39 is 11.7 Å². The summed E-state index contributed by atoms with van der Waals surface area (Å²) < 4.78 is 40.7. The minimum absolute atomic E-state index is 0.0272. The van der Waals surface area contributed by atoms with Gasteiger partial charge in [-0.1, -0.05) is 19.1 Å². The van der Waals surface area contributed by atoms with Crippen molar-refractivity contribution in [2.24, 2.45) is 0 Å². The van der Waals surface area contributed by atoms with E-state index >= 15 is 0 Å². The lowest BCUT2D eigenvalue weighted by Crippen LogP contribution is -2.34. The molecule has 142 valence electrons. The maximum absolute atomic E-state index is 13.0. The average Bonchev–Trinajstić information content (AvgIpc) is 2.78. The van der Waals surface area contributed by atoms with Gasteiger partial charge in [-0.05, 0) is 62.9 Å². The minimum Gasteiger partial charge on any atom is -0.348 e. The van der Waals surface area contributed by atoms with Gasteiger partial charge in [0.15, 0.2) is 0 Å². The lowest BCUT2D eigenvalue weighted by atomic mass is 10.1. The van der Waals surface area contributed by atoms with Gasteiger partial charge in [-0.15, -0.1) is 0 Å². The molecule has 2 rings (SSSR count). The summed E-state index contributed by atoms with van der Waals surface area (Å²) in [4.78, 5) is 12.7. The van der Waals surface area contributed by atoms with Crippen LogP contribution >= 0.6 is 0 Å². The highest BCUT2D eigenvalue weighted by molar-refractivity contribution is 5.95. The maximum atomic E-state index is 13.0. The van der Waals surface area contributed by atoms with Gasteiger partial charge in [0.25, 0.3) is 5.91 Å². The predicted octanol–water partition coefficient (Wildman–Crippen LogP) is 5.01. The van der Waals surface area contributed by atoms with Crippen molar-refractivity contribution in [1.82, 2.24) is 9.88 Å². The molecule has 6 heteroatoms. The molecule has 0 bridgehead atoms. The Morgan fingerprint density at radius 1 is 1.19 bits per heavy atom. The quantitative estimate of drug-likeness (QED) is 0.793. The fourth-order valence-electron chi connectivity index (χ4n) is 2.93. The van der Waals surface area contributed by atoms with Crippen LogP contribution in [0, 0.1) is 20.8 Å². The minimum atomic E-state index is -4.38. The second kappa shape index (κ2) is 7.56. The van der Waals surface area contributed by atoms with E-state index in [0.717, 1.165) is 35.4 Å². The third-order valence-electron chi connectivity index (χ3n) is 4.94. The zero-order chi connectivity index (χ0) is 19.6. The van der Waals surface area contributed by atoms with Crippen LogP contribution in [0.1, 0.15) is 58.7 Å². The topological polar surface area (TPSA) is 34.0 Å². The van der Waals surface area contributed by atoms with Gasteiger partial charge in [-0.3, -0.25) is 4.79 Å². The number of carbonyl (C=O) groups excluding carboxylic acids is 1. The Bertz CT molecular complexity index is 806. The highest BCUT2D eigenvalue weighted by Gasteiger charge is 2.30. The van der Waals surface area contributed by atoms with Crippen LogP contribution in [0.2, 0.25) is 0 Å². The van der Waals surface area contributed by atoms with Crippen molar-refractivity contribution in [3.63, 3.8) is 0 Å². The van der Waals surface area contributed by atoms with Crippen molar-refractivity contribution in [3.05, 3.63) is 57.9 Å². The highest BCUT2D eigenvalue weighted by atomic mass is 19.4. The second-order valence-electron chi connectivity index (χ2n) is 6.75. The number of carbonyl (C=O) groups is 1. The number of halogens is 3. The van der Waals surface area contributed by atoms with Crippen LogP contribution in [0.4, 0.5) is 13.2 Å². The Morgan fingerprint density at radius 3 is 2.42 bits per heavy atom. The van der Waals surface area contributed by atoms with Crippen LogP contribution in [0.3, 0.4) is 0 Å². The maximum Gasteiger partial charge on any atom is 0.416 e. The van der Waals surface area contributed by atoms with Gasteiger partial charge in [-0.25, -0.2) is 0 Å². The van der Waals surface area contributed by atoms with E-state index in [-0.39, 0.29) is 18.5 Å². The van der Waals surface area contributed by atoms with Crippen molar-refractivity contribution in [2.75, 3.05) is 0 Å². The van der Waals surface area contributed by atoms with E-state index in [1.54, 1.807) is 10.6 Å². The monoisotopic (exact) mass is 366 g/mol. The van der Waals surface area contributed by atoms with E-state index in [1.807, 2.05) is 34.6 Å². The van der Waals surface area contributed by atoms with Crippen LogP contribution < -0.4 is 5.32 Å². The van der Waals surface area contributed by atoms with Gasteiger partial charge in [0, 0.05) is 18.3 Å². The molecular formula is C20H25F3N2O. The van der Waals surface area contributed by atoms with Crippen LogP contribution in [0.5, 0.6) is 0 Å². The molecule has 0 aliphatic carbocycles. The number of benzene rings is 1. The van der Waals surface area contributed by atoms with Gasteiger partial charge < -0.3 is 9.88 Å². The molecule has 0 spiro atoms. The van der Waals surface area contributed by atoms with Crippen LogP contribution in [-0.4, -0.2) is 16.5 Å². The highest BCUT2D eigenvalue weighted by Crippen LogP contribution is 2.30. The number of hydrogen-bond acceptors (Lipinski definition) is 1. The van der Waals surface area contributed by atoms with E-state index in [4.69, 9.17) is 0 Å². The number of aromatic nitrogens is 1. The Hall–Kier alpha value is -2.24. The smallest absolute Gasteiger partial charge is 0.348 e. The standard InChI is InChI=1S/C20H25F3N2O/c1-6-12(2)24-19(26)18-14(4)13(3)15(5)25(18)11-16-8-7-9-17(10-16)20(21,22)23/h7-10,12H,6,11H2,1-5H3,(H,24,26)/t12-/m1/s1. The molecule has 1 amide bonds. The molecule has 1 atom stereocenters. The first-order valence-electron chi connectivity index (χ1n) is 8.69. The first-order chi connectivity index (χ1) is 12.1. The van der Waals surface area contributed by atoms with E-state index in [9.17, 15) is 18.0 Å². The van der Waals surface area contributed by atoms with Crippen molar-refractivity contribution < 1.29 is 18.0 Å². The summed E-state index contributed by atoms with van der Waals surface area (Å²) in [6.07, 6.45) is -3.58. The Morgan fingerprint density at radius 2 is 1.85 bits per heavy atom. The molecule has 0 aliphatic rings. The van der Waals surface area contributed by atoms with Crippen LogP contribution in [-0.2, 0) is 12.7 Å². The molecule has 2 aromatic rings. The SMILES string of the molecule is CC[C@@H](C)NC(=O)c1c(C)c(C)c(C)n1Cc1cccc(C(F)(F)F)c1. The molecule has 3 nitrogen and oxygen atoms in total. The van der Waals surface area contributed by atoms with Gasteiger partial charge in [0.2, 0.25) is 0 Å². The number of nitrogens with one attached hydrogen (secondary N) is 1. The zero-order valence-corrected chi connectivity index (χ0v) is 15.8. The second-order valence-corrected chi connectivity index (χ2v) is 6.75. The Kier molecular flexibility index (Phi) is 5.84. The molecule has 0 saturated carbocycles. The number of hydrogen-bond donors (Lipinski definition) is 1. The first kappa shape index (κ1) is 20.1. The first-order valence-corrected chi connectivity index (χ1v) is 8.69. The molecule has 0 radical (unpaired) electrons. The van der Waals surface area contributed by atoms with Crippen LogP contribution in [0.25, 0.3) is 0 Å². The van der Waals surface area contributed by atoms with Gasteiger partial charge in [0.1, 0.15) is 5.69 Å². The van der Waals surface area contributed by atoms with Gasteiger partial charge in [0.05, 0.1) is 5.56 Å². The summed E-state index contributed by atoms with van der Waals surface area (Å²) in [5.41, 5.74) is 3.06. The Balaban J connectivity index is 2.44. The predicted molar refractivity (Wildman–Crippen MR) is 96.4 cm³/mol. The lowest BCUT2D eigenvalue weighted by molar-refractivity contribution is -0.137. The lowest BCUT2D eigenvalue weighted by Gasteiger charge is -2.16. The van der Waals surface area contributed by atoms with E-state index in [0.29, 0.717) is 11.3 Å². The molecule has 1 aromatic heterocycles. The molecule has 1 aromatic carbocycles. The molecule has 1 heterocycles. The van der Waals surface area contributed by atoms with Crippen LogP contribution in [0.15, 0.2) is 24.3 Å². The number of alkyl halides is 3. The van der Waals surface area contributed by atoms with Crippen molar-refractivity contribution in [2.45, 2.75) is 59.8 Å². The Labute approximate surface area is 152 Å². The summed E-state index contributed by atoms with van der Waals surface area (Å²) in [6, 6.07) is 5.27. The molecule has 26 heavy (non-hydrogen) atoms. The average molecular weight is 366 g/mol. The van der Waals surface area contributed by atoms with E-state index in [2.05, 4.69) is 5.32 Å². The molecule has 1 N–H and O–H groups in total. The molecule has 0 saturated heterocycles. The number of amides is 1. The molecule has 0 aliphatic heterocycles. The van der Waals surface area contributed by atoms with Crippen molar-refractivity contribution >= 4 is 5.91 Å². The van der Waals surface area contributed by atoms with Gasteiger partial charge >= 0.3 is 6.18 Å². The fraction of sp³-hybridized carbons (Fsp3) is 0.450. The van der Waals surface area contributed by atoms with Gasteiger partial charge in [-0.2, -0.15) is 13.2 Å². The molecule has 0 unspecified atom stereocenters. The van der Waals surface area contributed by atoms with Crippen molar-refractivity contribution in [1.29, 1.82) is 0 Å². The molecular weight excluding hydrogens is 341 g/mol. The number of nitrogens with zero attached hydrogens (tertiary/aromatic N) is 1. The normalized spacial score (nSPS) is 12.9. The summed E-state index contributed by atoms with van der Waals surface area (Å²) >= 11 is 0. The zero-order valence-electron chi connectivity index (χ0n) is 15.8. The third-order valence-corrected chi connectivity index (χ3v) is 4.94. The summed E-state index contributed by atoms with van der Waals surface area (Å²) in [6.45, 7) is 9.80. The fourth-order valence-corrected chi connectivity index (χ4v) is 2.93. The largest absolute Gasteiger partial charge is 0.416 e. The number of rotatable bonds is 5. The van der Waals surface area contributed by atoms with E-state index in [1.165, 1.54) is 6.07 Å². The molecule has 0 fully saturated rings. The summed E-state index contributed by atoms with van der Waals surface area (Å²) in [7, 11) is 0. The third kappa shape index (κ3) is 4.11. The van der Waals surface area contributed by atoms with Crippen molar-refractivity contribution in [3.8, 4) is 0 Å². The summed E-state index contributed by atoms with van der Waals surface area (Å²) in [5.74, 6) is -0.194. The summed E-state index contributed by atoms with van der Waals surface area (Å²) in [5, 5.41) is 2.95.